The Balaban J connectivity index is 1.03. The van der Waals surface area contributed by atoms with Gasteiger partial charge >= 0.3 is 0 Å². The lowest BCUT2D eigenvalue weighted by atomic mass is 9.81. The molecule has 1 heterocycles. The molecule has 12 aromatic rings. The van der Waals surface area contributed by atoms with Crippen LogP contribution in [0.2, 0.25) is 0 Å². The van der Waals surface area contributed by atoms with E-state index in [1.54, 1.807) is 0 Å². The van der Waals surface area contributed by atoms with Gasteiger partial charge in [-0.2, -0.15) is 0 Å². The molecule has 79 heavy (non-hydrogen) atoms. The summed E-state index contributed by atoms with van der Waals surface area (Å²) in [5, 5.41) is 7.59. The van der Waals surface area contributed by atoms with Gasteiger partial charge in [0.1, 0.15) is 0 Å². The highest BCUT2D eigenvalue weighted by molar-refractivity contribution is 6.18. The minimum Gasteiger partial charge on any atom is -0.309 e. The number of fused-ring (bicyclic) bond motifs is 13. The molecule has 1 aromatic heterocycles. The second kappa shape index (κ2) is 17.4. The topological polar surface area (TPSA) is 11.4 Å². The summed E-state index contributed by atoms with van der Waals surface area (Å²) in [7, 11) is 0. The Labute approximate surface area is 466 Å². The van der Waals surface area contributed by atoms with Crippen LogP contribution in [0.1, 0.15) is 94.5 Å². The van der Waals surface area contributed by atoms with Crippen LogP contribution in [-0.2, 0) is 10.8 Å². The molecular weight excluding hydrogens is 955 g/mol. The van der Waals surface area contributed by atoms with Crippen LogP contribution in [-0.4, -0.2) is 4.57 Å². The van der Waals surface area contributed by atoms with E-state index in [0.717, 1.165) is 0 Å². The predicted octanol–water partition coefficient (Wildman–Crippen LogP) is 21.1. The van der Waals surface area contributed by atoms with Gasteiger partial charge in [0.05, 0.1) is 22.4 Å². The largest absolute Gasteiger partial charge is 0.309 e. The Morgan fingerprint density at radius 3 is 0.962 bits per heavy atom. The molecule has 2 aliphatic rings. The van der Waals surface area contributed by atoms with Gasteiger partial charge in [0, 0.05) is 60.8 Å². The summed E-state index contributed by atoms with van der Waals surface area (Å²) in [5.74, 6) is 0. The average molecular weight is 1020 g/mol. The van der Waals surface area contributed by atoms with Gasteiger partial charge < -0.3 is 14.4 Å². The first-order valence-corrected chi connectivity index (χ1v) is 28.2. The highest BCUT2D eigenvalue weighted by atomic mass is 15.2. The summed E-state index contributed by atoms with van der Waals surface area (Å²) < 4.78 is 2.56. The highest BCUT2D eigenvalue weighted by Gasteiger charge is 2.42. The van der Waals surface area contributed by atoms with Gasteiger partial charge in [-0.1, -0.05) is 165 Å². The maximum Gasteiger partial charge on any atom is 0.0544 e. The molecular formula is C76H67N3. The number of benzene rings is 11. The Morgan fingerprint density at radius 2 is 0.620 bits per heavy atom. The quantitative estimate of drug-likeness (QED) is 0.158. The molecule has 11 aromatic carbocycles. The normalized spacial score (nSPS) is 13.8. The zero-order valence-electron chi connectivity index (χ0n) is 47.7. The first-order chi connectivity index (χ1) is 38.0. The summed E-state index contributed by atoms with van der Waals surface area (Å²) in [6, 6.07) is 72.3. The molecule has 0 saturated carbocycles. The van der Waals surface area contributed by atoms with Crippen molar-refractivity contribution in [1.29, 1.82) is 0 Å². The van der Waals surface area contributed by atoms with Crippen molar-refractivity contribution in [2.24, 2.45) is 0 Å². The maximum atomic E-state index is 2.57. The molecule has 386 valence electrons. The maximum absolute atomic E-state index is 2.57. The van der Waals surface area contributed by atoms with Gasteiger partial charge in [-0.05, 0) is 206 Å². The van der Waals surface area contributed by atoms with E-state index in [9.17, 15) is 0 Å². The van der Waals surface area contributed by atoms with Gasteiger partial charge in [0.15, 0.2) is 0 Å². The first-order valence-electron chi connectivity index (χ1n) is 28.2. The number of anilines is 6. The van der Waals surface area contributed by atoms with Gasteiger partial charge in [0.2, 0.25) is 0 Å². The number of aryl methyl sites for hydroxylation is 8. The van der Waals surface area contributed by atoms with Crippen molar-refractivity contribution in [2.75, 3.05) is 9.80 Å². The van der Waals surface area contributed by atoms with Crippen molar-refractivity contribution in [1.82, 2.24) is 4.57 Å². The number of nitrogens with zero attached hydrogens (tertiary/aromatic N) is 3. The van der Waals surface area contributed by atoms with Crippen molar-refractivity contribution in [3.63, 3.8) is 0 Å². The smallest absolute Gasteiger partial charge is 0.0544 e. The minimum atomic E-state index is -0.312. The van der Waals surface area contributed by atoms with Crippen molar-refractivity contribution in [3.8, 4) is 27.9 Å². The molecule has 0 aliphatic heterocycles. The van der Waals surface area contributed by atoms with Gasteiger partial charge in [-0.15, -0.1) is 0 Å². The molecule has 0 radical (unpaired) electrons. The summed E-state index contributed by atoms with van der Waals surface area (Å²) in [5.41, 5.74) is 31.0. The molecule has 3 heteroatoms. The van der Waals surface area contributed by atoms with E-state index in [1.807, 2.05) is 0 Å². The lowest BCUT2D eigenvalue weighted by molar-refractivity contribution is 0.661. The number of hydrogen-bond donors (Lipinski definition) is 0. The van der Waals surface area contributed by atoms with E-state index in [1.165, 1.54) is 172 Å². The molecule has 2 aliphatic carbocycles. The molecule has 14 rings (SSSR count). The van der Waals surface area contributed by atoms with Crippen LogP contribution in [0.5, 0.6) is 0 Å². The fraction of sp³-hybridized carbons (Fsp3) is 0.184. The third-order valence-corrected chi connectivity index (χ3v) is 18.2. The third kappa shape index (κ3) is 7.18. The molecule has 0 amide bonds. The standard InChI is InChI=1S/C76H67N3/c1-44-26-30-65(48(5)34-44)78(66-31-27-45(2)35-49(66)6)69-42-63-73(55-24-18-16-22-53(55)69)59-38-57-58-39-60-62(41-72(58)77(52-20-14-13-15-21-52)71(57)40-61(59)75(63,9)10)76(11,12)64-43-70(54-23-17-19-25-56(54)74(60)64)79(67-32-28-46(3)36-50(67)7)68-33-29-47(4)37-51(68)8/h13-43H,1-12H3. The molecule has 0 fully saturated rings. The Kier molecular flexibility index (Phi) is 10.7. The van der Waals surface area contributed by atoms with Gasteiger partial charge in [-0.3, -0.25) is 0 Å². The van der Waals surface area contributed by atoms with Crippen LogP contribution in [0, 0.1) is 55.4 Å². The van der Waals surface area contributed by atoms with Crippen LogP contribution >= 0.6 is 0 Å². The zero-order chi connectivity index (χ0) is 54.6. The molecule has 3 nitrogen and oxygen atoms in total. The van der Waals surface area contributed by atoms with Crippen LogP contribution in [0.15, 0.2) is 188 Å². The second-order valence-corrected chi connectivity index (χ2v) is 24.3. The Bertz CT molecular complexity index is 4210. The molecule has 0 bridgehead atoms. The lowest BCUT2D eigenvalue weighted by Gasteiger charge is -2.32. The van der Waals surface area contributed by atoms with Crippen molar-refractivity contribution >= 4 is 77.5 Å². The highest BCUT2D eigenvalue weighted by Crippen LogP contribution is 2.59. The van der Waals surface area contributed by atoms with Gasteiger partial charge in [-0.25, -0.2) is 0 Å². The average Bonchev–Trinajstić information content (AvgIpc) is 4.16. The van der Waals surface area contributed by atoms with Crippen LogP contribution in [0.4, 0.5) is 34.1 Å². The second-order valence-electron chi connectivity index (χ2n) is 24.3. The fourth-order valence-corrected chi connectivity index (χ4v) is 14.4. The predicted molar refractivity (Wildman–Crippen MR) is 338 cm³/mol. The summed E-state index contributed by atoms with van der Waals surface area (Å²) in [6.07, 6.45) is 0. The van der Waals surface area contributed by atoms with Crippen LogP contribution < -0.4 is 9.80 Å². The Hall–Kier alpha value is -8.66. The van der Waals surface area contributed by atoms with Crippen molar-refractivity contribution < 1.29 is 0 Å². The molecule has 0 saturated heterocycles. The fourth-order valence-electron chi connectivity index (χ4n) is 14.4. The van der Waals surface area contributed by atoms with E-state index < -0.39 is 0 Å². The summed E-state index contributed by atoms with van der Waals surface area (Å²) in [4.78, 5) is 5.07. The van der Waals surface area contributed by atoms with E-state index >= 15 is 0 Å². The van der Waals surface area contributed by atoms with E-state index in [4.69, 9.17) is 0 Å². The van der Waals surface area contributed by atoms with Gasteiger partial charge in [0.25, 0.3) is 0 Å². The zero-order valence-corrected chi connectivity index (χ0v) is 47.7. The molecule has 0 N–H and O–H groups in total. The molecule has 0 atom stereocenters. The summed E-state index contributed by atoms with van der Waals surface area (Å²) >= 11 is 0. The van der Waals surface area contributed by atoms with E-state index in [-0.39, 0.29) is 10.8 Å². The van der Waals surface area contributed by atoms with Crippen LogP contribution in [0.25, 0.3) is 71.3 Å². The lowest BCUT2D eigenvalue weighted by Crippen LogP contribution is -2.18. The Morgan fingerprint density at radius 1 is 0.291 bits per heavy atom. The molecule has 0 unspecified atom stereocenters. The van der Waals surface area contributed by atoms with Crippen molar-refractivity contribution in [3.05, 3.63) is 255 Å². The van der Waals surface area contributed by atoms with E-state index in [2.05, 4.69) is 286 Å². The number of aromatic nitrogens is 1. The van der Waals surface area contributed by atoms with Crippen LogP contribution in [0.3, 0.4) is 0 Å². The first kappa shape index (κ1) is 48.7. The number of hydrogen-bond acceptors (Lipinski definition) is 2. The minimum absolute atomic E-state index is 0.312. The summed E-state index contributed by atoms with van der Waals surface area (Å²) in [6.45, 7) is 27.6. The molecule has 0 spiro atoms. The number of rotatable bonds is 7. The third-order valence-electron chi connectivity index (χ3n) is 18.2. The monoisotopic (exact) mass is 1020 g/mol. The van der Waals surface area contributed by atoms with Crippen molar-refractivity contribution in [2.45, 2.75) is 93.9 Å². The van der Waals surface area contributed by atoms with E-state index in [0.29, 0.717) is 0 Å². The number of para-hydroxylation sites is 1. The SMILES string of the molecule is Cc1ccc(N(c2ccc(C)cc2C)c2cc3c(c4ccccc24)-c2cc4c5cc6c(cc5n(-c5ccccc5)c4cc2C3(C)C)C(C)(C)c2cc(N(c3ccc(C)cc3C)c3ccc(C)cc3C)c3ccccc3c2-6)c(C)c1.